The van der Waals surface area contributed by atoms with E-state index in [1.807, 2.05) is 7.05 Å². The molecule has 1 saturated heterocycles. The van der Waals surface area contributed by atoms with E-state index in [2.05, 4.69) is 25.2 Å². The minimum atomic E-state index is 0.451. The molecule has 2 fully saturated rings. The van der Waals surface area contributed by atoms with Crippen molar-refractivity contribution in [1.29, 1.82) is 0 Å². The normalized spacial score (nSPS) is 19.3. The largest absolute Gasteiger partial charge is 0.463 e. The van der Waals surface area contributed by atoms with Gasteiger partial charge >= 0.3 is 6.01 Å². The summed E-state index contributed by atoms with van der Waals surface area (Å²) in [6.45, 7) is 2.77. The molecule has 6 nitrogen and oxygen atoms in total. The van der Waals surface area contributed by atoms with E-state index < -0.39 is 0 Å². The first-order valence-electron chi connectivity index (χ1n) is 7.17. The molecule has 0 bridgehead atoms. The Morgan fingerprint density at radius 2 is 1.95 bits per heavy atom. The lowest BCUT2D eigenvalue weighted by molar-refractivity contribution is 0.276. The van der Waals surface area contributed by atoms with Crippen LogP contribution in [0.5, 0.6) is 6.01 Å². The summed E-state index contributed by atoms with van der Waals surface area (Å²) >= 11 is 0. The maximum Gasteiger partial charge on any atom is 0.323 e. The van der Waals surface area contributed by atoms with Crippen LogP contribution in [0.3, 0.4) is 0 Å². The van der Waals surface area contributed by atoms with E-state index in [1.165, 1.54) is 32.1 Å². The fourth-order valence-electron chi connectivity index (χ4n) is 2.23. The van der Waals surface area contributed by atoms with Crippen molar-refractivity contribution in [2.75, 3.05) is 37.0 Å². The Kier molecular flexibility index (Phi) is 3.66. The SMILES string of the molecule is CNc1nc(OCC2CC2)nc(N2CCCCC2)n1. The van der Waals surface area contributed by atoms with Crippen LogP contribution in [0.4, 0.5) is 11.9 Å². The summed E-state index contributed by atoms with van der Waals surface area (Å²) in [5.74, 6) is 2.03. The van der Waals surface area contributed by atoms with Gasteiger partial charge in [-0.15, -0.1) is 0 Å². The molecular formula is C13H21N5O. The predicted octanol–water partition coefficient (Wildman–Crippen LogP) is 1.69. The van der Waals surface area contributed by atoms with Gasteiger partial charge in [0.1, 0.15) is 0 Å². The minimum Gasteiger partial charge on any atom is -0.463 e. The summed E-state index contributed by atoms with van der Waals surface area (Å²) in [7, 11) is 1.82. The van der Waals surface area contributed by atoms with E-state index in [9.17, 15) is 0 Å². The predicted molar refractivity (Wildman–Crippen MR) is 73.7 cm³/mol. The number of hydrogen-bond donors (Lipinski definition) is 1. The molecule has 1 aromatic heterocycles. The van der Waals surface area contributed by atoms with Crippen molar-refractivity contribution in [1.82, 2.24) is 15.0 Å². The number of nitrogens with zero attached hydrogens (tertiary/aromatic N) is 4. The van der Waals surface area contributed by atoms with Crippen LogP contribution in [0.2, 0.25) is 0 Å². The quantitative estimate of drug-likeness (QED) is 0.872. The molecule has 1 aromatic rings. The molecule has 0 spiro atoms. The Labute approximate surface area is 113 Å². The van der Waals surface area contributed by atoms with Crippen LogP contribution >= 0.6 is 0 Å². The van der Waals surface area contributed by atoms with Gasteiger partial charge in [-0.1, -0.05) is 0 Å². The van der Waals surface area contributed by atoms with Gasteiger partial charge in [0.25, 0.3) is 0 Å². The summed E-state index contributed by atoms with van der Waals surface area (Å²) in [4.78, 5) is 15.4. The van der Waals surface area contributed by atoms with Crippen molar-refractivity contribution in [2.24, 2.45) is 5.92 Å². The van der Waals surface area contributed by atoms with Crippen LogP contribution in [0.15, 0.2) is 0 Å². The van der Waals surface area contributed by atoms with Gasteiger partial charge in [-0.2, -0.15) is 15.0 Å². The second-order valence-electron chi connectivity index (χ2n) is 5.29. The molecule has 6 heteroatoms. The fraction of sp³-hybridized carbons (Fsp3) is 0.769. The highest BCUT2D eigenvalue weighted by molar-refractivity contribution is 5.38. The minimum absolute atomic E-state index is 0.451. The smallest absolute Gasteiger partial charge is 0.323 e. The number of nitrogens with one attached hydrogen (secondary N) is 1. The maximum atomic E-state index is 5.68. The fourth-order valence-corrected chi connectivity index (χ4v) is 2.23. The third kappa shape index (κ3) is 3.24. The number of hydrogen-bond acceptors (Lipinski definition) is 6. The van der Waals surface area contributed by atoms with Crippen LogP contribution in [0.1, 0.15) is 32.1 Å². The van der Waals surface area contributed by atoms with Crippen molar-refractivity contribution >= 4 is 11.9 Å². The van der Waals surface area contributed by atoms with E-state index in [0.717, 1.165) is 25.6 Å². The van der Waals surface area contributed by atoms with Gasteiger partial charge in [-0.3, -0.25) is 0 Å². The number of aromatic nitrogens is 3. The number of anilines is 2. The average Bonchev–Trinajstić information content (AvgIpc) is 3.30. The van der Waals surface area contributed by atoms with Gasteiger partial charge in [0.15, 0.2) is 0 Å². The monoisotopic (exact) mass is 263 g/mol. The molecule has 1 aliphatic heterocycles. The molecule has 104 valence electrons. The Bertz CT molecular complexity index is 429. The van der Waals surface area contributed by atoms with Crippen molar-refractivity contribution in [3.05, 3.63) is 0 Å². The van der Waals surface area contributed by atoms with Crippen LogP contribution < -0.4 is 15.0 Å². The Hall–Kier alpha value is -1.59. The standard InChI is InChI=1S/C13H21N5O/c1-14-11-15-12(18-7-3-2-4-8-18)17-13(16-11)19-9-10-5-6-10/h10H,2-9H2,1H3,(H,14,15,16,17). The topological polar surface area (TPSA) is 63.2 Å². The number of ether oxygens (including phenoxy) is 1. The first-order valence-corrected chi connectivity index (χ1v) is 7.17. The third-order valence-corrected chi connectivity index (χ3v) is 3.61. The highest BCUT2D eigenvalue weighted by Crippen LogP contribution is 2.29. The molecule has 1 saturated carbocycles. The summed E-state index contributed by atoms with van der Waals surface area (Å²) in [5.41, 5.74) is 0. The second kappa shape index (κ2) is 5.59. The lowest BCUT2D eigenvalue weighted by atomic mass is 10.1. The molecule has 0 unspecified atom stereocenters. The zero-order valence-electron chi connectivity index (χ0n) is 11.4. The Morgan fingerprint density at radius 3 is 2.63 bits per heavy atom. The van der Waals surface area contributed by atoms with Crippen LogP contribution in [0, 0.1) is 5.92 Å². The van der Waals surface area contributed by atoms with Gasteiger partial charge in [-0.25, -0.2) is 0 Å². The zero-order valence-corrected chi connectivity index (χ0v) is 11.4. The molecule has 0 amide bonds. The molecule has 1 aliphatic carbocycles. The van der Waals surface area contributed by atoms with Gasteiger partial charge in [0.2, 0.25) is 11.9 Å². The summed E-state index contributed by atoms with van der Waals surface area (Å²) in [6.07, 6.45) is 6.25. The van der Waals surface area contributed by atoms with E-state index in [-0.39, 0.29) is 0 Å². The Morgan fingerprint density at radius 1 is 1.16 bits per heavy atom. The Balaban J connectivity index is 1.74. The van der Waals surface area contributed by atoms with Gasteiger partial charge in [0.05, 0.1) is 6.61 Å². The number of rotatable bonds is 5. The molecule has 19 heavy (non-hydrogen) atoms. The zero-order chi connectivity index (χ0) is 13.1. The molecule has 2 heterocycles. The van der Waals surface area contributed by atoms with Crippen LogP contribution in [-0.2, 0) is 0 Å². The highest BCUT2D eigenvalue weighted by atomic mass is 16.5. The van der Waals surface area contributed by atoms with Crippen LogP contribution in [-0.4, -0.2) is 41.7 Å². The average molecular weight is 263 g/mol. The van der Waals surface area contributed by atoms with Gasteiger partial charge in [-0.05, 0) is 38.0 Å². The first kappa shape index (κ1) is 12.4. The maximum absolute atomic E-state index is 5.68. The van der Waals surface area contributed by atoms with E-state index >= 15 is 0 Å². The second-order valence-corrected chi connectivity index (χ2v) is 5.29. The summed E-state index contributed by atoms with van der Waals surface area (Å²) in [6, 6.07) is 0.451. The van der Waals surface area contributed by atoms with E-state index in [1.54, 1.807) is 0 Å². The number of piperidine rings is 1. The lowest BCUT2D eigenvalue weighted by Gasteiger charge is -2.26. The molecule has 0 radical (unpaired) electrons. The molecule has 3 rings (SSSR count). The molecule has 1 N–H and O–H groups in total. The molecule has 0 atom stereocenters. The molecular weight excluding hydrogens is 242 g/mol. The van der Waals surface area contributed by atoms with Crippen LogP contribution in [0.25, 0.3) is 0 Å². The van der Waals surface area contributed by atoms with Gasteiger partial charge in [0, 0.05) is 20.1 Å². The van der Waals surface area contributed by atoms with Crippen molar-refractivity contribution in [3.8, 4) is 6.01 Å². The van der Waals surface area contributed by atoms with E-state index in [0.29, 0.717) is 17.9 Å². The summed E-state index contributed by atoms with van der Waals surface area (Å²) in [5, 5.41) is 2.98. The lowest BCUT2D eigenvalue weighted by Crippen LogP contribution is -2.31. The molecule has 0 aromatic carbocycles. The van der Waals surface area contributed by atoms with Crippen molar-refractivity contribution in [3.63, 3.8) is 0 Å². The van der Waals surface area contributed by atoms with Crippen molar-refractivity contribution in [2.45, 2.75) is 32.1 Å². The van der Waals surface area contributed by atoms with E-state index in [4.69, 9.17) is 4.74 Å². The first-order chi connectivity index (χ1) is 9.35. The molecule has 2 aliphatic rings. The highest BCUT2D eigenvalue weighted by Gasteiger charge is 2.23. The third-order valence-electron chi connectivity index (χ3n) is 3.61. The van der Waals surface area contributed by atoms with Gasteiger partial charge < -0.3 is 15.0 Å². The summed E-state index contributed by atoms with van der Waals surface area (Å²) < 4.78 is 5.68. The van der Waals surface area contributed by atoms with Crippen molar-refractivity contribution < 1.29 is 4.74 Å².